The molecule has 2 N–H and O–H groups in total. The zero-order chi connectivity index (χ0) is 18.8. The minimum absolute atomic E-state index is 0.0432. The molecule has 1 unspecified atom stereocenters. The molecule has 0 aliphatic carbocycles. The van der Waals surface area contributed by atoms with Crippen molar-refractivity contribution in [1.29, 1.82) is 0 Å². The number of benzene rings is 1. The molecule has 1 atom stereocenters. The lowest BCUT2D eigenvalue weighted by Crippen LogP contribution is -2.44. The number of ether oxygens (including phenoxy) is 1. The van der Waals surface area contributed by atoms with E-state index < -0.39 is 37.7 Å². The van der Waals surface area contributed by atoms with Gasteiger partial charge >= 0.3 is 5.97 Å². The number of hydrogen-bond donors (Lipinski definition) is 2. The van der Waals surface area contributed by atoms with Crippen LogP contribution in [0.4, 0.5) is 0 Å². The van der Waals surface area contributed by atoms with Gasteiger partial charge in [0.05, 0.1) is 35.0 Å². The molecule has 25 heavy (non-hydrogen) atoms. The number of carbonyl (C=O) groups excluding carboxylic acids is 2. The van der Waals surface area contributed by atoms with Gasteiger partial charge < -0.3 is 4.74 Å². The Kier molecular flexibility index (Phi) is 5.49. The second-order valence-electron chi connectivity index (χ2n) is 5.67. The van der Waals surface area contributed by atoms with Gasteiger partial charge in [0.2, 0.25) is 5.91 Å². The Bertz CT molecular complexity index is 907. The van der Waals surface area contributed by atoms with Gasteiger partial charge in [-0.25, -0.2) is 21.6 Å². The van der Waals surface area contributed by atoms with Crippen LogP contribution in [0.3, 0.4) is 0 Å². The van der Waals surface area contributed by atoms with Crippen LogP contribution in [0.2, 0.25) is 0 Å². The lowest BCUT2D eigenvalue weighted by molar-refractivity contribution is -0.124. The number of rotatable bonds is 5. The highest BCUT2D eigenvalue weighted by atomic mass is 32.2. The van der Waals surface area contributed by atoms with Crippen LogP contribution in [-0.2, 0) is 29.4 Å². The van der Waals surface area contributed by atoms with Gasteiger partial charge in [-0.1, -0.05) is 6.07 Å². The van der Waals surface area contributed by atoms with E-state index in [4.69, 9.17) is 0 Å². The lowest BCUT2D eigenvalue weighted by atomic mass is 10.1. The first-order valence-corrected chi connectivity index (χ1v) is 10.6. The predicted molar refractivity (Wildman–Crippen MR) is 87.7 cm³/mol. The summed E-state index contributed by atoms with van der Waals surface area (Å²) >= 11 is 0. The minimum atomic E-state index is -4.15. The topological polar surface area (TPSA) is 136 Å². The summed E-state index contributed by atoms with van der Waals surface area (Å²) < 4.78 is 52.0. The summed E-state index contributed by atoms with van der Waals surface area (Å²) in [5, 5.41) is 0. The predicted octanol–water partition coefficient (Wildman–Crippen LogP) is -0.474. The number of carbonyl (C=O) groups is 2. The lowest BCUT2D eigenvalue weighted by Gasteiger charge is -2.13. The van der Waals surface area contributed by atoms with Gasteiger partial charge in [-0.3, -0.25) is 10.2 Å². The normalized spacial score (nSPS) is 19.4. The maximum absolute atomic E-state index is 12.4. The van der Waals surface area contributed by atoms with E-state index in [0.29, 0.717) is 5.56 Å². The molecule has 1 fully saturated rings. The molecule has 0 bridgehead atoms. The van der Waals surface area contributed by atoms with Crippen molar-refractivity contribution in [2.24, 2.45) is 5.92 Å². The summed E-state index contributed by atoms with van der Waals surface area (Å²) in [7, 11) is -6.24. The van der Waals surface area contributed by atoms with Crippen molar-refractivity contribution in [3.05, 3.63) is 29.3 Å². The highest BCUT2D eigenvalue weighted by molar-refractivity contribution is 7.91. The SMILES string of the molecule is COC(=O)c1ccc(C)c(S(=O)(=O)NNC(=O)C2CCS(=O)(=O)C2)c1. The molecule has 1 amide bonds. The van der Waals surface area contributed by atoms with Crippen molar-refractivity contribution in [2.75, 3.05) is 18.6 Å². The number of hydrazine groups is 1. The highest BCUT2D eigenvalue weighted by Gasteiger charge is 2.33. The number of sulfone groups is 1. The van der Waals surface area contributed by atoms with Crippen LogP contribution >= 0.6 is 0 Å². The fourth-order valence-electron chi connectivity index (χ4n) is 2.41. The van der Waals surface area contributed by atoms with Gasteiger partial charge in [-0.05, 0) is 31.0 Å². The van der Waals surface area contributed by atoms with E-state index in [1.54, 1.807) is 0 Å². The molecule has 2 rings (SSSR count). The quantitative estimate of drug-likeness (QED) is 0.512. The molecule has 1 aromatic rings. The second kappa shape index (κ2) is 7.10. The Balaban J connectivity index is 2.14. The number of esters is 1. The summed E-state index contributed by atoms with van der Waals surface area (Å²) in [5.41, 5.74) is 2.44. The van der Waals surface area contributed by atoms with Gasteiger partial charge in [0.1, 0.15) is 0 Å². The molecule has 0 aromatic heterocycles. The summed E-state index contributed by atoms with van der Waals surface area (Å²) in [6.07, 6.45) is 0.146. The Labute approximate surface area is 145 Å². The number of nitrogens with one attached hydrogen (secondary N) is 2. The average Bonchev–Trinajstić information content (AvgIpc) is 2.92. The van der Waals surface area contributed by atoms with Crippen LogP contribution in [0.15, 0.2) is 23.1 Å². The fourth-order valence-corrected chi connectivity index (χ4v) is 5.27. The molecule has 0 radical (unpaired) electrons. The van der Waals surface area contributed by atoms with Gasteiger partial charge in [0, 0.05) is 0 Å². The zero-order valence-corrected chi connectivity index (χ0v) is 15.2. The fraction of sp³-hybridized carbons (Fsp3) is 0.429. The van der Waals surface area contributed by atoms with Gasteiger partial charge in [0.25, 0.3) is 10.0 Å². The highest BCUT2D eigenvalue weighted by Crippen LogP contribution is 2.19. The second-order valence-corrected chi connectivity index (χ2v) is 9.55. The van der Waals surface area contributed by atoms with E-state index >= 15 is 0 Å². The number of amides is 1. The molecule has 1 aromatic carbocycles. The van der Waals surface area contributed by atoms with Crippen molar-refractivity contribution in [2.45, 2.75) is 18.2 Å². The third-order valence-electron chi connectivity index (χ3n) is 3.81. The smallest absolute Gasteiger partial charge is 0.337 e. The van der Waals surface area contributed by atoms with Gasteiger partial charge in [-0.2, -0.15) is 0 Å². The Morgan fingerprint density at radius 1 is 1.28 bits per heavy atom. The third-order valence-corrected chi connectivity index (χ3v) is 6.97. The number of aryl methyl sites for hydroxylation is 1. The first-order valence-electron chi connectivity index (χ1n) is 7.27. The van der Waals surface area contributed by atoms with E-state index in [0.717, 1.165) is 6.07 Å². The molecule has 1 heterocycles. The molecular formula is C14H18N2O7S2. The van der Waals surface area contributed by atoms with E-state index in [-0.39, 0.29) is 28.4 Å². The summed E-state index contributed by atoms with van der Waals surface area (Å²) in [4.78, 5) is 25.2. The molecule has 138 valence electrons. The van der Waals surface area contributed by atoms with Crippen molar-refractivity contribution in [3.63, 3.8) is 0 Å². The van der Waals surface area contributed by atoms with Gasteiger partial charge in [-0.15, -0.1) is 4.83 Å². The van der Waals surface area contributed by atoms with Crippen LogP contribution in [0, 0.1) is 12.8 Å². The maximum atomic E-state index is 12.4. The average molecular weight is 390 g/mol. The Hall–Kier alpha value is -1.98. The summed E-state index contributed by atoms with van der Waals surface area (Å²) in [6.45, 7) is 1.53. The van der Waals surface area contributed by atoms with Crippen LogP contribution in [-0.4, -0.2) is 47.3 Å². The van der Waals surface area contributed by atoms with E-state index in [1.807, 2.05) is 10.3 Å². The molecule has 1 saturated heterocycles. The summed E-state index contributed by atoms with van der Waals surface area (Å²) in [6, 6.07) is 3.99. The molecule has 0 saturated carbocycles. The van der Waals surface area contributed by atoms with Crippen LogP contribution in [0.5, 0.6) is 0 Å². The number of hydrogen-bond acceptors (Lipinski definition) is 7. The number of sulfonamides is 1. The summed E-state index contributed by atoms with van der Waals surface area (Å²) in [5.74, 6) is -2.62. The van der Waals surface area contributed by atoms with Crippen molar-refractivity contribution in [1.82, 2.24) is 10.3 Å². The van der Waals surface area contributed by atoms with E-state index in [9.17, 15) is 26.4 Å². The molecule has 1 aliphatic heterocycles. The van der Waals surface area contributed by atoms with Crippen molar-refractivity contribution >= 4 is 31.7 Å². The molecular weight excluding hydrogens is 372 g/mol. The Morgan fingerprint density at radius 3 is 2.52 bits per heavy atom. The first kappa shape index (κ1) is 19.3. The minimum Gasteiger partial charge on any atom is -0.465 e. The number of methoxy groups -OCH3 is 1. The maximum Gasteiger partial charge on any atom is 0.337 e. The van der Waals surface area contributed by atoms with Crippen LogP contribution in [0.25, 0.3) is 0 Å². The van der Waals surface area contributed by atoms with Crippen LogP contribution < -0.4 is 10.3 Å². The van der Waals surface area contributed by atoms with Crippen molar-refractivity contribution < 1.29 is 31.2 Å². The van der Waals surface area contributed by atoms with E-state index in [1.165, 1.54) is 26.2 Å². The molecule has 1 aliphatic rings. The molecule has 11 heteroatoms. The Morgan fingerprint density at radius 2 is 1.96 bits per heavy atom. The third kappa shape index (κ3) is 4.55. The van der Waals surface area contributed by atoms with Crippen molar-refractivity contribution in [3.8, 4) is 0 Å². The van der Waals surface area contributed by atoms with Gasteiger partial charge in [0.15, 0.2) is 9.84 Å². The van der Waals surface area contributed by atoms with Crippen LogP contribution in [0.1, 0.15) is 22.3 Å². The molecule has 0 spiro atoms. The monoisotopic (exact) mass is 390 g/mol. The standard InChI is InChI=1S/C14H18N2O7S2/c1-9-3-4-10(14(18)23-2)7-12(9)25(21,22)16-15-13(17)11-5-6-24(19,20)8-11/h3-4,7,11,16H,5-6,8H2,1-2H3,(H,15,17). The largest absolute Gasteiger partial charge is 0.465 e. The molecule has 9 nitrogen and oxygen atoms in total. The van der Waals surface area contributed by atoms with E-state index in [2.05, 4.69) is 4.74 Å². The first-order chi connectivity index (χ1) is 11.6. The zero-order valence-electron chi connectivity index (χ0n) is 13.6.